The minimum atomic E-state index is -0.163. The first-order chi connectivity index (χ1) is 13.7. The number of anilines is 2. The molecule has 1 N–H and O–H groups in total. The number of amides is 1. The van der Waals surface area contributed by atoms with Gasteiger partial charge in [0.25, 0.3) is 0 Å². The Morgan fingerprint density at radius 2 is 1.71 bits per heavy atom. The van der Waals surface area contributed by atoms with E-state index < -0.39 is 0 Å². The summed E-state index contributed by atoms with van der Waals surface area (Å²) in [6.07, 6.45) is 2.70. The first-order valence-corrected chi connectivity index (χ1v) is 9.77. The number of rotatable bonds is 6. The average Bonchev–Trinajstić information content (AvgIpc) is 3.27. The summed E-state index contributed by atoms with van der Waals surface area (Å²) in [6, 6.07) is 13.0. The van der Waals surface area contributed by atoms with Gasteiger partial charge in [-0.25, -0.2) is 0 Å². The van der Waals surface area contributed by atoms with Crippen LogP contribution in [0.4, 0.5) is 11.4 Å². The number of fused-ring (bicyclic) bond motifs is 1. The molecule has 0 bridgehead atoms. The Balaban J connectivity index is 1.32. The van der Waals surface area contributed by atoms with Crippen molar-refractivity contribution >= 4 is 23.1 Å². The third kappa shape index (κ3) is 4.27. The van der Waals surface area contributed by atoms with Crippen molar-refractivity contribution in [1.29, 1.82) is 0 Å². The maximum atomic E-state index is 12.4. The summed E-state index contributed by atoms with van der Waals surface area (Å²) in [6.45, 7) is 3.10. The standard InChI is InChI=1S/C22H24N2O4/c25-19(16-6-8-20-21(14-16)28-13-12-27-20)7-9-22(26)23-17-4-3-5-18(15-17)24-10-1-2-11-24/h3-6,8,14-15H,1-2,7,9-13H2,(H,23,26). The van der Waals surface area contributed by atoms with Gasteiger partial charge in [-0.05, 0) is 49.2 Å². The van der Waals surface area contributed by atoms with Crippen LogP contribution in [0, 0.1) is 0 Å². The summed E-state index contributed by atoms with van der Waals surface area (Å²) in [5.74, 6) is 0.987. The number of benzene rings is 2. The molecule has 2 aromatic carbocycles. The Hall–Kier alpha value is -3.02. The van der Waals surface area contributed by atoms with Crippen LogP contribution in [0.3, 0.4) is 0 Å². The van der Waals surface area contributed by atoms with Crippen molar-refractivity contribution in [1.82, 2.24) is 0 Å². The summed E-state index contributed by atoms with van der Waals surface area (Å²) >= 11 is 0. The van der Waals surface area contributed by atoms with Gasteiger partial charge < -0.3 is 19.7 Å². The van der Waals surface area contributed by atoms with Crippen molar-refractivity contribution in [3.63, 3.8) is 0 Å². The third-order valence-corrected chi connectivity index (χ3v) is 5.04. The minimum absolute atomic E-state index is 0.0852. The van der Waals surface area contributed by atoms with E-state index in [1.807, 2.05) is 18.2 Å². The molecule has 6 nitrogen and oxygen atoms in total. The van der Waals surface area contributed by atoms with Crippen LogP contribution < -0.4 is 19.7 Å². The molecule has 1 amide bonds. The van der Waals surface area contributed by atoms with Crippen LogP contribution in [0.1, 0.15) is 36.0 Å². The fourth-order valence-electron chi connectivity index (χ4n) is 3.57. The van der Waals surface area contributed by atoms with E-state index in [1.54, 1.807) is 18.2 Å². The topological polar surface area (TPSA) is 67.9 Å². The molecule has 0 aliphatic carbocycles. The Morgan fingerprint density at radius 1 is 0.929 bits per heavy atom. The van der Waals surface area contributed by atoms with Crippen LogP contribution in [-0.4, -0.2) is 38.0 Å². The number of carbonyl (C=O) groups is 2. The number of Topliss-reactive ketones (excluding diaryl/α,β-unsaturated/α-hetero) is 1. The van der Waals surface area contributed by atoms with Crippen LogP contribution in [0.2, 0.25) is 0 Å². The summed E-state index contributed by atoms with van der Waals surface area (Å²) < 4.78 is 11.0. The zero-order chi connectivity index (χ0) is 19.3. The van der Waals surface area contributed by atoms with E-state index >= 15 is 0 Å². The molecule has 2 aliphatic rings. The number of ether oxygens (including phenoxy) is 2. The first kappa shape index (κ1) is 18.3. The van der Waals surface area contributed by atoms with E-state index in [2.05, 4.69) is 16.3 Å². The number of carbonyl (C=O) groups excluding carboxylic acids is 2. The van der Waals surface area contributed by atoms with Crippen molar-refractivity contribution in [3.8, 4) is 11.5 Å². The molecule has 28 heavy (non-hydrogen) atoms. The smallest absolute Gasteiger partial charge is 0.224 e. The number of ketones is 1. The summed E-state index contributed by atoms with van der Waals surface area (Å²) in [5, 5.41) is 2.90. The highest BCUT2D eigenvalue weighted by molar-refractivity contribution is 6.00. The molecule has 2 aromatic rings. The summed E-state index contributed by atoms with van der Waals surface area (Å²) in [7, 11) is 0. The predicted molar refractivity (Wildman–Crippen MR) is 108 cm³/mol. The third-order valence-electron chi connectivity index (χ3n) is 5.04. The molecule has 1 saturated heterocycles. The second-order valence-electron chi connectivity index (χ2n) is 7.07. The van der Waals surface area contributed by atoms with Crippen LogP contribution >= 0.6 is 0 Å². The molecule has 4 rings (SSSR count). The normalized spacial score (nSPS) is 15.4. The fraction of sp³-hybridized carbons (Fsp3) is 0.364. The summed E-state index contributed by atoms with van der Waals surface area (Å²) in [5.41, 5.74) is 2.43. The molecule has 2 heterocycles. The first-order valence-electron chi connectivity index (χ1n) is 9.77. The lowest BCUT2D eigenvalue weighted by molar-refractivity contribution is -0.116. The number of hydrogen-bond donors (Lipinski definition) is 1. The van der Waals surface area contributed by atoms with Crippen molar-refractivity contribution in [2.24, 2.45) is 0 Å². The van der Waals surface area contributed by atoms with E-state index in [-0.39, 0.29) is 24.5 Å². The fourth-order valence-corrected chi connectivity index (χ4v) is 3.57. The van der Waals surface area contributed by atoms with E-state index in [9.17, 15) is 9.59 Å². The SMILES string of the molecule is O=C(CCC(=O)c1ccc2c(c1)OCCO2)Nc1cccc(N2CCCC2)c1. The Kier molecular flexibility index (Phi) is 5.46. The molecule has 0 saturated carbocycles. The molecular weight excluding hydrogens is 356 g/mol. The maximum absolute atomic E-state index is 12.4. The lowest BCUT2D eigenvalue weighted by Gasteiger charge is -2.18. The average molecular weight is 380 g/mol. The van der Waals surface area contributed by atoms with Gasteiger partial charge in [-0.1, -0.05) is 6.07 Å². The van der Waals surface area contributed by atoms with E-state index in [1.165, 1.54) is 12.8 Å². The van der Waals surface area contributed by atoms with Gasteiger partial charge in [-0.15, -0.1) is 0 Å². The zero-order valence-electron chi connectivity index (χ0n) is 15.8. The molecule has 1 fully saturated rings. The lowest BCUT2D eigenvalue weighted by atomic mass is 10.1. The molecule has 0 aromatic heterocycles. The summed E-state index contributed by atoms with van der Waals surface area (Å²) in [4.78, 5) is 27.0. The Morgan fingerprint density at radius 3 is 2.54 bits per heavy atom. The van der Waals surface area contributed by atoms with E-state index in [4.69, 9.17) is 9.47 Å². The van der Waals surface area contributed by atoms with Crippen LogP contribution in [0.25, 0.3) is 0 Å². The molecule has 2 aliphatic heterocycles. The second kappa shape index (κ2) is 8.33. The van der Waals surface area contributed by atoms with E-state index in [0.717, 1.165) is 24.5 Å². The van der Waals surface area contributed by atoms with Crippen LogP contribution in [0.5, 0.6) is 11.5 Å². The van der Waals surface area contributed by atoms with Crippen molar-refractivity contribution in [2.45, 2.75) is 25.7 Å². The Labute approximate surface area is 164 Å². The zero-order valence-corrected chi connectivity index (χ0v) is 15.8. The molecule has 0 radical (unpaired) electrons. The van der Waals surface area contributed by atoms with Gasteiger partial charge in [0.2, 0.25) is 5.91 Å². The van der Waals surface area contributed by atoms with Crippen molar-refractivity contribution in [2.75, 3.05) is 36.5 Å². The molecule has 0 unspecified atom stereocenters. The van der Waals surface area contributed by atoms with Crippen LogP contribution in [0.15, 0.2) is 42.5 Å². The molecular formula is C22H24N2O4. The largest absolute Gasteiger partial charge is 0.486 e. The lowest BCUT2D eigenvalue weighted by Crippen LogP contribution is -2.18. The molecule has 6 heteroatoms. The Bertz CT molecular complexity index is 875. The van der Waals surface area contributed by atoms with Gasteiger partial charge in [0.15, 0.2) is 17.3 Å². The predicted octanol–water partition coefficient (Wildman–Crippen LogP) is 3.66. The van der Waals surface area contributed by atoms with Gasteiger partial charge in [-0.3, -0.25) is 9.59 Å². The molecule has 0 spiro atoms. The van der Waals surface area contributed by atoms with Gasteiger partial charge >= 0.3 is 0 Å². The van der Waals surface area contributed by atoms with E-state index in [0.29, 0.717) is 30.3 Å². The molecule has 0 atom stereocenters. The highest BCUT2D eigenvalue weighted by atomic mass is 16.6. The highest BCUT2D eigenvalue weighted by Crippen LogP contribution is 2.31. The number of nitrogens with one attached hydrogen (secondary N) is 1. The highest BCUT2D eigenvalue weighted by Gasteiger charge is 2.16. The van der Waals surface area contributed by atoms with Crippen molar-refractivity contribution < 1.29 is 19.1 Å². The van der Waals surface area contributed by atoms with Gasteiger partial charge in [0.1, 0.15) is 13.2 Å². The monoisotopic (exact) mass is 380 g/mol. The van der Waals surface area contributed by atoms with Crippen molar-refractivity contribution in [3.05, 3.63) is 48.0 Å². The molecule has 146 valence electrons. The van der Waals surface area contributed by atoms with Gasteiger partial charge in [-0.2, -0.15) is 0 Å². The maximum Gasteiger partial charge on any atom is 0.224 e. The quantitative estimate of drug-likeness (QED) is 0.775. The van der Waals surface area contributed by atoms with Gasteiger partial charge in [0.05, 0.1) is 0 Å². The minimum Gasteiger partial charge on any atom is -0.486 e. The number of hydrogen-bond acceptors (Lipinski definition) is 5. The van der Waals surface area contributed by atoms with Gasteiger partial charge in [0, 0.05) is 42.9 Å². The second-order valence-corrected chi connectivity index (χ2v) is 7.07. The number of nitrogens with zero attached hydrogens (tertiary/aromatic N) is 1. The van der Waals surface area contributed by atoms with Crippen LogP contribution in [-0.2, 0) is 4.79 Å².